The molecule has 5 nitrogen and oxygen atoms in total. The molecule has 0 radical (unpaired) electrons. The second kappa shape index (κ2) is 8.87. The van der Waals surface area contributed by atoms with Crippen molar-refractivity contribution in [3.05, 3.63) is 77.3 Å². The average molecular weight is 396 g/mol. The van der Waals surface area contributed by atoms with E-state index in [4.69, 9.17) is 11.6 Å². The number of nitrogens with zero attached hydrogens (tertiary/aromatic N) is 1. The first-order valence-corrected chi connectivity index (χ1v) is 9.32. The predicted octanol–water partition coefficient (Wildman–Crippen LogP) is 3.85. The molecule has 0 unspecified atom stereocenters. The standard InChI is InChI=1S/C22H22ClN3O2/c1-26(2)20(19-12-5-8-15-7-3-4-11-18(15)19)14-24-21(27)22(28)25-17-10-6-9-16(23)13-17/h3-13,20H,14H2,1-2H3,(H,24,27)(H,25,28)/t20-/m1/s1. The first kappa shape index (κ1) is 19.9. The number of hydrogen-bond acceptors (Lipinski definition) is 3. The van der Waals surface area contributed by atoms with Gasteiger partial charge in [-0.05, 0) is 48.6 Å². The lowest BCUT2D eigenvalue weighted by Crippen LogP contribution is -2.40. The third kappa shape index (κ3) is 4.68. The number of halogens is 1. The molecular formula is C22H22ClN3O2. The van der Waals surface area contributed by atoms with E-state index in [1.807, 2.05) is 43.3 Å². The van der Waals surface area contributed by atoms with E-state index in [2.05, 4.69) is 28.8 Å². The zero-order valence-corrected chi connectivity index (χ0v) is 16.5. The molecule has 3 aromatic rings. The molecule has 3 aromatic carbocycles. The smallest absolute Gasteiger partial charge is 0.313 e. The minimum atomic E-state index is -0.724. The van der Waals surface area contributed by atoms with E-state index in [1.54, 1.807) is 24.3 Å². The SMILES string of the molecule is CN(C)[C@H](CNC(=O)C(=O)Nc1cccc(Cl)c1)c1cccc2ccccc12. The lowest BCUT2D eigenvalue weighted by molar-refractivity contribution is -0.136. The summed E-state index contributed by atoms with van der Waals surface area (Å²) >= 11 is 5.90. The molecular weight excluding hydrogens is 374 g/mol. The third-order valence-corrected chi connectivity index (χ3v) is 4.79. The molecule has 2 N–H and O–H groups in total. The summed E-state index contributed by atoms with van der Waals surface area (Å²) in [6.45, 7) is 0.308. The van der Waals surface area contributed by atoms with Crippen molar-refractivity contribution in [2.45, 2.75) is 6.04 Å². The number of hydrogen-bond donors (Lipinski definition) is 2. The van der Waals surface area contributed by atoms with Crippen LogP contribution in [0.1, 0.15) is 11.6 Å². The Balaban J connectivity index is 1.71. The van der Waals surface area contributed by atoms with Crippen LogP contribution in [0.5, 0.6) is 0 Å². The molecule has 1 atom stereocenters. The van der Waals surface area contributed by atoms with Crippen LogP contribution in [0.15, 0.2) is 66.7 Å². The van der Waals surface area contributed by atoms with Gasteiger partial charge in [-0.1, -0.05) is 60.1 Å². The van der Waals surface area contributed by atoms with Crippen molar-refractivity contribution in [3.63, 3.8) is 0 Å². The Hall–Kier alpha value is -2.89. The summed E-state index contributed by atoms with van der Waals surface area (Å²) in [6, 6.07) is 20.8. The largest absolute Gasteiger partial charge is 0.346 e. The summed E-state index contributed by atoms with van der Waals surface area (Å²) in [4.78, 5) is 26.5. The van der Waals surface area contributed by atoms with Crippen LogP contribution in [0.2, 0.25) is 5.02 Å². The van der Waals surface area contributed by atoms with Crippen LogP contribution in [0.25, 0.3) is 10.8 Å². The number of amides is 2. The zero-order chi connectivity index (χ0) is 20.1. The lowest BCUT2D eigenvalue weighted by atomic mass is 9.98. The quantitative estimate of drug-likeness (QED) is 0.645. The molecule has 0 aliphatic heterocycles. The highest BCUT2D eigenvalue weighted by molar-refractivity contribution is 6.39. The van der Waals surface area contributed by atoms with Gasteiger partial charge in [0, 0.05) is 17.3 Å². The number of rotatable bonds is 5. The summed E-state index contributed by atoms with van der Waals surface area (Å²) in [5.74, 6) is -1.41. The van der Waals surface area contributed by atoms with E-state index in [1.165, 1.54) is 0 Å². The van der Waals surface area contributed by atoms with Gasteiger partial charge < -0.3 is 15.5 Å². The molecule has 6 heteroatoms. The normalized spacial score (nSPS) is 12.0. The van der Waals surface area contributed by atoms with Crippen LogP contribution >= 0.6 is 11.6 Å². The Kier molecular flexibility index (Phi) is 6.29. The molecule has 0 aliphatic rings. The van der Waals surface area contributed by atoms with Gasteiger partial charge in [0.15, 0.2) is 0 Å². The van der Waals surface area contributed by atoms with E-state index in [9.17, 15) is 9.59 Å². The van der Waals surface area contributed by atoms with E-state index in [0.29, 0.717) is 17.3 Å². The monoisotopic (exact) mass is 395 g/mol. The number of nitrogens with one attached hydrogen (secondary N) is 2. The van der Waals surface area contributed by atoms with Gasteiger partial charge in [-0.25, -0.2) is 0 Å². The maximum atomic E-state index is 12.3. The van der Waals surface area contributed by atoms with Gasteiger partial charge in [-0.3, -0.25) is 9.59 Å². The summed E-state index contributed by atoms with van der Waals surface area (Å²) in [5, 5.41) is 8.04. The van der Waals surface area contributed by atoms with Crippen molar-refractivity contribution in [2.75, 3.05) is 26.0 Å². The summed E-state index contributed by atoms with van der Waals surface area (Å²) in [5.41, 5.74) is 1.57. The molecule has 0 saturated carbocycles. The second-order valence-corrected chi connectivity index (χ2v) is 7.16. The Bertz CT molecular complexity index is 998. The van der Waals surface area contributed by atoms with Crippen molar-refractivity contribution in [3.8, 4) is 0 Å². The predicted molar refractivity (Wildman–Crippen MR) is 113 cm³/mol. The lowest BCUT2D eigenvalue weighted by Gasteiger charge is -2.26. The van der Waals surface area contributed by atoms with Crippen molar-refractivity contribution < 1.29 is 9.59 Å². The van der Waals surface area contributed by atoms with Gasteiger partial charge in [0.1, 0.15) is 0 Å². The van der Waals surface area contributed by atoms with Crippen molar-refractivity contribution >= 4 is 39.9 Å². The first-order chi connectivity index (χ1) is 13.5. The van der Waals surface area contributed by atoms with Gasteiger partial charge in [-0.2, -0.15) is 0 Å². The molecule has 0 spiro atoms. The molecule has 3 rings (SSSR count). The zero-order valence-electron chi connectivity index (χ0n) is 15.8. The van der Waals surface area contributed by atoms with Crippen molar-refractivity contribution in [2.24, 2.45) is 0 Å². The number of fused-ring (bicyclic) bond motifs is 1. The topological polar surface area (TPSA) is 61.4 Å². The molecule has 0 fully saturated rings. The number of carbonyl (C=O) groups excluding carboxylic acids is 2. The number of carbonyl (C=O) groups is 2. The molecule has 0 aliphatic carbocycles. The van der Waals surface area contributed by atoms with Crippen LogP contribution in [0, 0.1) is 0 Å². The minimum absolute atomic E-state index is 0.0750. The molecule has 0 bridgehead atoms. The molecule has 0 heterocycles. The minimum Gasteiger partial charge on any atom is -0.346 e. The highest BCUT2D eigenvalue weighted by atomic mass is 35.5. The number of anilines is 1. The second-order valence-electron chi connectivity index (χ2n) is 6.72. The maximum absolute atomic E-state index is 12.3. The van der Waals surface area contributed by atoms with Crippen LogP contribution in [0.3, 0.4) is 0 Å². The molecule has 0 saturated heterocycles. The van der Waals surface area contributed by atoms with E-state index in [0.717, 1.165) is 16.3 Å². The van der Waals surface area contributed by atoms with Gasteiger partial charge >= 0.3 is 11.8 Å². The highest BCUT2D eigenvalue weighted by Gasteiger charge is 2.20. The average Bonchev–Trinajstić information content (AvgIpc) is 2.68. The van der Waals surface area contributed by atoms with Crippen LogP contribution < -0.4 is 10.6 Å². The van der Waals surface area contributed by atoms with Crippen LogP contribution in [-0.2, 0) is 9.59 Å². The van der Waals surface area contributed by atoms with Crippen LogP contribution in [0.4, 0.5) is 5.69 Å². The fourth-order valence-corrected chi connectivity index (χ4v) is 3.33. The fraction of sp³-hybridized carbons (Fsp3) is 0.182. The third-order valence-electron chi connectivity index (χ3n) is 4.55. The van der Waals surface area contributed by atoms with Gasteiger partial charge in [0.05, 0.1) is 6.04 Å². The van der Waals surface area contributed by atoms with Gasteiger partial charge in [0.25, 0.3) is 0 Å². The van der Waals surface area contributed by atoms with Gasteiger partial charge in [-0.15, -0.1) is 0 Å². The number of likely N-dealkylation sites (N-methyl/N-ethyl adjacent to an activating group) is 1. The maximum Gasteiger partial charge on any atom is 0.313 e. The van der Waals surface area contributed by atoms with Gasteiger partial charge in [0.2, 0.25) is 0 Å². The highest BCUT2D eigenvalue weighted by Crippen LogP contribution is 2.26. The Morgan fingerprint density at radius 3 is 2.43 bits per heavy atom. The summed E-state index contributed by atoms with van der Waals surface area (Å²) < 4.78 is 0. The Labute approximate surface area is 169 Å². The van der Waals surface area contributed by atoms with Crippen LogP contribution in [-0.4, -0.2) is 37.4 Å². The van der Waals surface area contributed by atoms with Crippen molar-refractivity contribution in [1.29, 1.82) is 0 Å². The van der Waals surface area contributed by atoms with E-state index >= 15 is 0 Å². The molecule has 2 amide bonds. The number of benzene rings is 3. The Morgan fingerprint density at radius 1 is 0.964 bits per heavy atom. The summed E-state index contributed by atoms with van der Waals surface area (Å²) in [6.07, 6.45) is 0. The van der Waals surface area contributed by atoms with E-state index < -0.39 is 11.8 Å². The Morgan fingerprint density at radius 2 is 1.68 bits per heavy atom. The molecule has 144 valence electrons. The molecule has 28 heavy (non-hydrogen) atoms. The fourth-order valence-electron chi connectivity index (χ4n) is 3.14. The van der Waals surface area contributed by atoms with E-state index in [-0.39, 0.29) is 6.04 Å². The summed E-state index contributed by atoms with van der Waals surface area (Å²) in [7, 11) is 3.90. The first-order valence-electron chi connectivity index (χ1n) is 8.94. The molecule has 0 aromatic heterocycles. The van der Waals surface area contributed by atoms with Crippen molar-refractivity contribution in [1.82, 2.24) is 10.2 Å².